The quantitative estimate of drug-likeness (QED) is 0.597. The first-order valence-corrected chi connectivity index (χ1v) is 9.02. The Morgan fingerprint density at radius 1 is 0.786 bits per heavy atom. The Morgan fingerprint density at radius 2 is 1.46 bits per heavy atom. The third-order valence-electron chi connectivity index (χ3n) is 4.01. The molecule has 0 aliphatic rings. The van der Waals surface area contributed by atoms with Crippen molar-refractivity contribution in [1.82, 2.24) is 0 Å². The summed E-state index contributed by atoms with van der Waals surface area (Å²) in [7, 11) is 0. The summed E-state index contributed by atoms with van der Waals surface area (Å²) in [6.07, 6.45) is -0.250. The summed E-state index contributed by atoms with van der Waals surface area (Å²) in [6, 6.07) is 24.4. The normalized spacial score (nSPS) is 10.2. The molecule has 0 atom stereocenters. The van der Waals surface area contributed by atoms with Crippen LogP contribution in [0.3, 0.4) is 0 Å². The molecule has 28 heavy (non-hydrogen) atoms. The minimum absolute atomic E-state index is 0.250. The van der Waals surface area contributed by atoms with Crippen LogP contribution in [0.2, 0.25) is 0 Å². The SMILES string of the molecule is Cc1cccc(NC(=O)CC(=O)Nc2ccc(OCc3ccccc3)cc2)c1. The summed E-state index contributed by atoms with van der Waals surface area (Å²) in [6.45, 7) is 2.42. The largest absolute Gasteiger partial charge is 0.489 e. The summed E-state index contributed by atoms with van der Waals surface area (Å²) in [4.78, 5) is 24.1. The van der Waals surface area contributed by atoms with E-state index in [4.69, 9.17) is 4.74 Å². The van der Waals surface area contributed by atoms with Crippen molar-refractivity contribution in [2.45, 2.75) is 20.0 Å². The molecule has 2 N–H and O–H groups in total. The minimum Gasteiger partial charge on any atom is -0.489 e. The topological polar surface area (TPSA) is 67.4 Å². The van der Waals surface area contributed by atoms with E-state index in [-0.39, 0.29) is 18.2 Å². The van der Waals surface area contributed by atoms with Crippen molar-refractivity contribution in [3.8, 4) is 5.75 Å². The molecule has 0 saturated heterocycles. The first-order chi connectivity index (χ1) is 13.6. The van der Waals surface area contributed by atoms with Gasteiger partial charge in [0, 0.05) is 11.4 Å². The van der Waals surface area contributed by atoms with E-state index in [0.717, 1.165) is 11.1 Å². The van der Waals surface area contributed by atoms with Crippen molar-refractivity contribution in [3.05, 3.63) is 90.0 Å². The van der Waals surface area contributed by atoms with E-state index in [9.17, 15) is 9.59 Å². The highest BCUT2D eigenvalue weighted by Crippen LogP contribution is 2.17. The van der Waals surface area contributed by atoms with Crippen LogP contribution in [-0.2, 0) is 16.2 Å². The third-order valence-corrected chi connectivity index (χ3v) is 4.01. The summed E-state index contributed by atoms with van der Waals surface area (Å²) >= 11 is 0. The molecule has 3 aromatic carbocycles. The molecule has 5 heteroatoms. The van der Waals surface area contributed by atoms with Crippen LogP contribution < -0.4 is 15.4 Å². The van der Waals surface area contributed by atoms with E-state index in [1.165, 1.54) is 0 Å². The second-order valence-electron chi connectivity index (χ2n) is 6.44. The monoisotopic (exact) mass is 374 g/mol. The average Bonchev–Trinajstić information content (AvgIpc) is 2.68. The van der Waals surface area contributed by atoms with Gasteiger partial charge in [0.2, 0.25) is 11.8 Å². The lowest BCUT2D eigenvalue weighted by molar-refractivity contribution is -0.123. The van der Waals surface area contributed by atoms with Crippen LogP contribution in [0, 0.1) is 6.92 Å². The van der Waals surface area contributed by atoms with Gasteiger partial charge < -0.3 is 15.4 Å². The zero-order chi connectivity index (χ0) is 19.8. The second kappa shape index (κ2) is 9.37. The van der Waals surface area contributed by atoms with Gasteiger partial charge in [-0.15, -0.1) is 0 Å². The summed E-state index contributed by atoms with van der Waals surface area (Å²) in [5, 5.41) is 5.44. The highest BCUT2D eigenvalue weighted by molar-refractivity contribution is 6.08. The number of nitrogens with one attached hydrogen (secondary N) is 2. The summed E-state index contributed by atoms with van der Waals surface area (Å²) < 4.78 is 5.72. The molecule has 0 heterocycles. The number of anilines is 2. The lowest BCUT2D eigenvalue weighted by Crippen LogP contribution is -2.21. The Labute approximate surface area is 164 Å². The molecule has 0 aromatic heterocycles. The van der Waals surface area contributed by atoms with Crippen molar-refractivity contribution in [2.75, 3.05) is 10.6 Å². The number of aryl methyl sites for hydroxylation is 1. The predicted octanol–water partition coefficient (Wildman–Crippen LogP) is 4.54. The smallest absolute Gasteiger partial charge is 0.233 e. The number of ether oxygens (including phenoxy) is 1. The molecule has 0 unspecified atom stereocenters. The van der Waals surface area contributed by atoms with E-state index >= 15 is 0 Å². The molecular formula is C23H22N2O3. The zero-order valence-electron chi connectivity index (χ0n) is 15.6. The summed E-state index contributed by atoms with van der Waals surface area (Å²) in [5.74, 6) is -0.0203. The van der Waals surface area contributed by atoms with E-state index in [1.54, 1.807) is 30.3 Å². The van der Waals surface area contributed by atoms with Gasteiger partial charge in [-0.1, -0.05) is 42.5 Å². The molecule has 5 nitrogen and oxygen atoms in total. The molecule has 0 saturated carbocycles. The number of carbonyl (C=O) groups excluding carboxylic acids is 2. The van der Waals surface area contributed by atoms with Gasteiger partial charge in [-0.05, 0) is 54.4 Å². The van der Waals surface area contributed by atoms with Gasteiger partial charge in [-0.25, -0.2) is 0 Å². The number of hydrogen-bond acceptors (Lipinski definition) is 3. The van der Waals surface area contributed by atoms with E-state index in [0.29, 0.717) is 23.7 Å². The van der Waals surface area contributed by atoms with Gasteiger partial charge in [-0.3, -0.25) is 9.59 Å². The van der Waals surface area contributed by atoms with Gasteiger partial charge in [-0.2, -0.15) is 0 Å². The van der Waals surface area contributed by atoms with Crippen LogP contribution in [0.15, 0.2) is 78.9 Å². The van der Waals surface area contributed by atoms with Gasteiger partial charge >= 0.3 is 0 Å². The fourth-order valence-electron chi connectivity index (χ4n) is 2.65. The molecule has 0 aliphatic carbocycles. The molecule has 0 radical (unpaired) electrons. The van der Waals surface area contributed by atoms with Crippen molar-refractivity contribution in [1.29, 1.82) is 0 Å². The zero-order valence-corrected chi connectivity index (χ0v) is 15.6. The Balaban J connectivity index is 1.46. The molecule has 2 amide bonds. The number of benzene rings is 3. The van der Waals surface area contributed by atoms with Crippen LogP contribution in [0.25, 0.3) is 0 Å². The number of carbonyl (C=O) groups is 2. The van der Waals surface area contributed by atoms with Crippen LogP contribution in [0.1, 0.15) is 17.5 Å². The lowest BCUT2D eigenvalue weighted by atomic mass is 10.2. The fraction of sp³-hybridized carbons (Fsp3) is 0.130. The van der Waals surface area contributed by atoms with Gasteiger partial charge in [0.25, 0.3) is 0 Å². The van der Waals surface area contributed by atoms with Gasteiger partial charge in [0.05, 0.1) is 0 Å². The van der Waals surface area contributed by atoms with Gasteiger partial charge in [0.15, 0.2) is 0 Å². The van der Waals surface area contributed by atoms with Crippen LogP contribution in [0.5, 0.6) is 5.75 Å². The Hall–Kier alpha value is -3.60. The molecular weight excluding hydrogens is 352 g/mol. The maximum atomic E-state index is 12.1. The average molecular weight is 374 g/mol. The van der Waals surface area contributed by atoms with Crippen molar-refractivity contribution < 1.29 is 14.3 Å². The molecule has 0 spiro atoms. The first-order valence-electron chi connectivity index (χ1n) is 9.02. The van der Waals surface area contributed by atoms with E-state index < -0.39 is 0 Å². The third kappa shape index (κ3) is 5.99. The maximum absolute atomic E-state index is 12.1. The van der Waals surface area contributed by atoms with Crippen LogP contribution in [-0.4, -0.2) is 11.8 Å². The standard InChI is InChI=1S/C23H22N2O3/c1-17-6-5-9-20(14-17)25-23(27)15-22(26)24-19-10-12-21(13-11-19)28-16-18-7-3-2-4-8-18/h2-14H,15-16H2,1H3,(H,24,26)(H,25,27). The Morgan fingerprint density at radius 3 is 2.14 bits per heavy atom. The minimum atomic E-state index is -0.372. The predicted molar refractivity (Wildman–Crippen MR) is 110 cm³/mol. The number of hydrogen-bond donors (Lipinski definition) is 2. The number of rotatable bonds is 7. The van der Waals surface area contributed by atoms with E-state index in [1.807, 2.05) is 55.5 Å². The Bertz CT molecular complexity index is 938. The van der Waals surface area contributed by atoms with E-state index in [2.05, 4.69) is 10.6 Å². The first kappa shape index (κ1) is 19.2. The Kier molecular flexibility index (Phi) is 6.41. The molecule has 3 aromatic rings. The second-order valence-corrected chi connectivity index (χ2v) is 6.44. The van der Waals surface area contributed by atoms with Crippen molar-refractivity contribution in [3.63, 3.8) is 0 Å². The molecule has 3 rings (SSSR count). The number of amides is 2. The van der Waals surface area contributed by atoms with Crippen molar-refractivity contribution in [2.24, 2.45) is 0 Å². The summed E-state index contributed by atoms with van der Waals surface area (Å²) in [5.41, 5.74) is 3.41. The molecule has 0 bridgehead atoms. The maximum Gasteiger partial charge on any atom is 0.233 e. The van der Waals surface area contributed by atoms with Crippen LogP contribution in [0.4, 0.5) is 11.4 Å². The van der Waals surface area contributed by atoms with Crippen LogP contribution >= 0.6 is 0 Å². The highest BCUT2D eigenvalue weighted by Gasteiger charge is 2.10. The van der Waals surface area contributed by atoms with Crippen molar-refractivity contribution >= 4 is 23.2 Å². The molecule has 0 aliphatic heterocycles. The molecule has 0 fully saturated rings. The fourth-order valence-corrected chi connectivity index (χ4v) is 2.65. The van der Waals surface area contributed by atoms with Gasteiger partial charge in [0.1, 0.15) is 18.8 Å². The molecule has 142 valence electrons. The highest BCUT2D eigenvalue weighted by atomic mass is 16.5. The lowest BCUT2D eigenvalue weighted by Gasteiger charge is -2.09.